The first-order valence-electron chi connectivity index (χ1n) is 8.98. The Hall–Kier alpha value is -3.94. The van der Waals surface area contributed by atoms with Crippen LogP contribution in [-0.4, -0.2) is 27.1 Å². The Morgan fingerprint density at radius 2 is 2.03 bits per heavy atom. The third-order valence-electron chi connectivity index (χ3n) is 4.80. The summed E-state index contributed by atoms with van der Waals surface area (Å²) in [6.45, 7) is 5.45. The summed E-state index contributed by atoms with van der Waals surface area (Å²) < 4.78 is 7.23. The van der Waals surface area contributed by atoms with Gasteiger partial charge in [0.25, 0.3) is 5.69 Å². The summed E-state index contributed by atoms with van der Waals surface area (Å²) in [7, 11) is 0. The molecule has 0 aliphatic carbocycles. The Morgan fingerprint density at radius 1 is 1.31 bits per heavy atom. The average Bonchev–Trinajstić information content (AvgIpc) is 3.08. The molecule has 2 aromatic carbocycles. The topological polar surface area (TPSA) is 99.3 Å². The van der Waals surface area contributed by atoms with Crippen LogP contribution in [0.2, 0.25) is 0 Å². The van der Waals surface area contributed by atoms with Crippen LogP contribution in [0.1, 0.15) is 18.5 Å². The van der Waals surface area contributed by atoms with E-state index < -0.39 is 16.9 Å². The maximum absolute atomic E-state index is 12.9. The molecule has 2 heterocycles. The second-order valence-electron chi connectivity index (χ2n) is 6.60. The van der Waals surface area contributed by atoms with Gasteiger partial charge in [-0.2, -0.15) is 0 Å². The van der Waals surface area contributed by atoms with Gasteiger partial charge in [-0.15, -0.1) is 0 Å². The van der Waals surface area contributed by atoms with Crippen LogP contribution >= 0.6 is 0 Å². The van der Waals surface area contributed by atoms with Crippen molar-refractivity contribution >= 4 is 28.6 Å². The van der Waals surface area contributed by atoms with Gasteiger partial charge in [0, 0.05) is 17.8 Å². The minimum absolute atomic E-state index is 0.0186. The van der Waals surface area contributed by atoms with Gasteiger partial charge in [0.05, 0.1) is 27.6 Å². The number of allylic oxidation sites excluding steroid dienone is 1. The third-order valence-corrected chi connectivity index (χ3v) is 4.80. The zero-order valence-corrected chi connectivity index (χ0v) is 15.7. The fourth-order valence-electron chi connectivity index (χ4n) is 3.53. The van der Waals surface area contributed by atoms with E-state index >= 15 is 0 Å². The van der Waals surface area contributed by atoms with Crippen molar-refractivity contribution in [1.82, 2.24) is 9.55 Å². The van der Waals surface area contributed by atoms with Crippen LogP contribution in [0.4, 0.5) is 11.6 Å². The molecule has 0 amide bonds. The number of nitro groups is 1. The Morgan fingerprint density at radius 3 is 2.72 bits per heavy atom. The molecule has 0 unspecified atom stereocenters. The number of aromatic nitrogens is 2. The van der Waals surface area contributed by atoms with Crippen molar-refractivity contribution in [3.8, 4) is 0 Å². The third kappa shape index (κ3) is 3.14. The lowest BCUT2D eigenvalue weighted by Crippen LogP contribution is -2.29. The van der Waals surface area contributed by atoms with Crippen molar-refractivity contribution in [1.29, 1.82) is 0 Å². The molecule has 0 radical (unpaired) electrons. The van der Waals surface area contributed by atoms with E-state index in [1.165, 1.54) is 18.2 Å². The summed E-state index contributed by atoms with van der Waals surface area (Å²) in [4.78, 5) is 28.1. The van der Waals surface area contributed by atoms with Crippen LogP contribution in [0.5, 0.6) is 0 Å². The summed E-state index contributed by atoms with van der Waals surface area (Å²) in [5.74, 6) is 0.106. The quantitative estimate of drug-likeness (QED) is 0.306. The van der Waals surface area contributed by atoms with E-state index in [4.69, 9.17) is 4.74 Å². The van der Waals surface area contributed by atoms with Crippen LogP contribution < -0.4 is 5.32 Å². The number of carbonyl (C=O) groups excluding carboxylic acids is 1. The largest absolute Gasteiger partial charge is 0.458 e. The Labute approximate surface area is 166 Å². The number of imidazole rings is 1. The summed E-state index contributed by atoms with van der Waals surface area (Å²) in [5, 5.41) is 14.2. The second-order valence-corrected chi connectivity index (χ2v) is 6.60. The van der Waals surface area contributed by atoms with Gasteiger partial charge in [0.1, 0.15) is 6.61 Å². The molecule has 1 aromatic heterocycles. The molecule has 8 heteroatoms. The number of hydrogen-bond donors (Lipinski definition) is 1. The highest BCUT2D eigenvalue weighted by Crippen LogP contribution is 2.39. The van der Waals surface area contributed by atoms with Crippen LogP contribution in [0.25, 0.3) is 11.0 Å². The van der Waals surface area contributed by atoms with E-state index in [0.717, 1.165) is 11.0 Å². The van der Waals surface area contributed by atoms with Gasteiger partial charge < -0.3 is 10.1 Å². The fraction of sp³-hybridized carbons (Fsp3) is 0.143. The molecule has 1 aliphatic heterocycles. The fourth-order valence-corrected chi connectivity index (χ4v) is 3.53. The number of non-ortho nitro benzene ring substituents is 1. The van der Waals surface area contributed by atoms with E-state index in [-0.39, 0.29) is 12.3 Å². The van der Waals surface area contributed by atoms with Crippen molar-refractivity contribution in [2.45, 2.75) is 13.0 Å². The molecule has 4 rings (SSSR count). The number of fused-ring (bicyclic) bond motifs is 3. The molecule has 29 heavy (non-hydrogen) atoms. The van der Waals surface area contributed by atoms with Crippen LogP contribution in [-0.2, 0) is 9.53 Å². The Bertz CT molecular complexity index is 1160. The summed E-state index contributed by atoms with van der Waals surface area (Å²) >= 11 is 0. The highest BCUT2D eigenvalue weighted by Gasteiger charge is 2.35. The summed E-state index contributed by atoms with van der Waals surface area (Å²) in [6, 6.07) is 13.2. The Balaban J connectivity index is 1.91. The maximum atomic E-state index is 12.9. The van der Waals surface area contributed by atoms with Crippen LogP contribution in [0.15, 0.2) is 72.5 Å². The smallest absolute Gasteiger partial charge is 0.338 e. The van der Waals surface area contributed by atoms with Crippen molar-refractivity contribution < 1.29 is 14.5 Å². The number of ether oxygens (including phenoxy) is 1. The first kappa shape index (κ1) is 18.4. The average molecular weight is 390 g/mol. The SMILES string of the molecule is C=CCOC(=O)C1=C(C)Nc2nc3ccccc3n2[C@H]1c1ccc([N+](=O)[O-])cc1. The zero-order valence-electron chi connectivity index (χ0n) is 15.7. The molecule has 8 nitrogen and oxygen atoms in total. The predicted molar refractivity (Wildman–Crippen MR) is 108 cm³/mol. The number of anilines is 1. The van der Waals surface area contributed by atoms with Gasteiger partial charge >= 0.3 is 5.97 Å². The predicted octanol–water partition coefficient (Wildman–Crippen LogP) is 3.96. The maximum Gasteiger partial charge on any atom is 0.338 e. The molecule has 146 valence electrons. The van der Waals surface area contributed by atoms with E-state index in [1.54, 1.807) is 19.1 Å². The standard InChI is InChI=1S/C21H18N4O4/c1-3-12-29-20(26)18-13(2)22-21-23-16-6-4-5-7-17(16)24(21)19(18)14-8-10-15(11-9-14)25(27)28/h3-11,19H,1,12H2,2H3,(H,22,23)/t19-/m0/s1. The highest BCUT2D eigenvalue weighted by atomic mass is 16.6. The normalized spacial score (nSPS) is 15.6. The minimum Gasteiger partial charge on any atom is -0.458 e. The summed E-state index contributed by atoms with van der Waals surface area (Å²) in [5.41, 5.74) is 3.33. The highest BCUT2D eigenvalue weighted by molar-refractivity contribution is 5.94. The molecule has 0 saturated heterocycles. The van der Waals surface area contributed by atoms with E-state index in [9.17, 15) is 14.9 Å². The lowest BCUT2D eigenvalue weighted by atomic mass is 9.95. The van der Waals surface area contributed by atoms with Gasteiger partial charge in [0.15, 0.2) is 0 Å². The number of nitro benzene ring substituents is 1. The van der Waals surface area contributed by atoms with Gasteiger partial charge in [-0.1, -0.05) is 24.8 Å². The molecule has 1 aliphatic rings. The number of nitrogens with zero attached hydrogens (tertiary/aromatic N) is 3. The van der Waals surface area contributed by atoms with Crippen LogP contribution in [0.3, 0.4) is 0 Å². The van der Waals surface area contributed by atoms with Crippen molar-refractivity contribution in [3.63, 3.8) is 0 Å². The van der Waals surface area contributed by atoms with Crippen molar-refractivity contribution in [3.05, 3.63) is 88.1 Å². The molecular weight excluding hydrogens is 372 g/mol. The number of para-hydroxylation sites is 2. The first-order chi connectivity index (χ1) is 14.0. The van der Waals surface area contributed by atoms with E-state index in [2.05, 4.69) is 16.9 Å². The molecule has 1 N–H and O–H groups in total. The van der Waals surface area contributed by atoms with Crippen molar-refractivity contribution in [2.24, 2.45) is 0 Å². The molecule has 0 fully saturated rings. The number of rotatable bonds is 5. The lowest BCUT2D eigenvalue weighted by molar-refractivity contribution is -0.384. The molecule has 0 bridgehead atoms. The van der Waals surface area contributed by atoms with Crippen LogP contribution in [0, 0.1) is 10.1 Å². The lowest BCUT2D eigenvalue weighted by Gasteiger charge is -2.30. The first-order valence-corrected chi connectivity index (χ1v) is 8.98. The number of esters is 1. The number of benzene rings is 2. The van der Waals surface area contributed by atoms with E-state index in [1.807, 2.05) is 28.8 Å². The number of carbonyl (C=O) groups is 1. The molecule has 1 atom stereocenters. The zero-order chi connectivity index (χ0) is 20.5. The minimum atomic E-state index is -0.545. The molecular formula is C21H18N4O4. The van der Waals surface area contributed by atoms with Gasteiger partial charge in [-0.3, -0.25) is 14.7 Å². The van der Waals surface area contributed by atoms with Crippen molar-refractivity contribution in [2.75, 3.05) is 11.9 Å². The molecule has 0 spiro atoms. The molecule has 3 aromatic rings. The summed E-state index contributed by atoms with van der Waals surface area (Å²) in [6.07, 6.45) is 1.50. The van der Waals surface area contributed by atoms with Gasteiger partial charge in [-0.25, -0.2) is 9.78 Å². The number of hydrogen-bond acceptors (Lipinski definition) is 6. The Kier molecular flexibility index (Phi) is 4.59. The number of nitrogens with one attached hydrogen (secondary N) is 1. The van der Waals surface area contributed by atoms with E-state index in [0.29, 0.717) is 22.8 Å². The molecule has 0 saturated carbocycles. The second kappa shape index (κ2) is 7.23. The van der Waals surface area contributed by atoms with Gasteiger partial charge in [-0.05, 0) is 36.8 Å². The monoisotopic (exact) mass is 390 g/mol. The van der Waals surface area contributed by atoms with Gasteiger partial charge in [0.2, 0.25) is 5.95 Å².